The van der Waals surface area contributed by atoms with Crippen LogP contribution in [0, 0.1) is 0 Å². The first kappa shape index (κ1) is 63.7. The second kappa shape index (κ2) is 24.9. The van der Waals surface area contributed by atoms with E-state index >= 15 is 0 Å². The molecule has 0 amide bonds. The summed E-state index contributed by atoms with van der Waals surface area (Å²) in [6, 6.07) is 129. The fourth-order valence-corrected chi connectivity index (χ4v) is 17.1. The van der Waals surface area contributed by atoms with E-state index in [0.29, 0.717) is 5.82 Å². The minimum atomic E-state index is -0.213. The van der Waals surface area contributed by atoms with E-state index < -0.39 is 0 Å². The fourth-order valence-electron chi connectivity index (χ4n) is 17.1. The van der Waals surface area contributed by atoms with Crippen LogP contribution in [0.2, 0.25) is 0 Å². The number of nitrogens with zero attached hydrogens (tertiary/aromatic N) is 4. The molecule has 0 aliphatic carbocycles. The van der Waals surface area contributed by atoms with E-state index in [1.165, 1.54) is 105 Å². The molecule has 0 fully saturated rings. The van der Waals surface area contributed by atoms with Crippen LogP contribution in [0.15, 0.2) is 346 Å². The van der Waals surface area contributed by atoms with Crippen LogP contribution in [-0.2, 0) is 10.8 Å². The van der Waals surface area contributed by atoms with E-state index in [9.17, 15) is 0 Å². The maximum atomic E-state index is 5.97. The zero-order chi connectivity index (χ0) is 71.8. The number of hydrogen-bond donors (Lipinski definition) is 0. The van der Waals surface area contributed by atoms with Crippen LogP contribution in [0.3, 0.4) is 0 Å². The molecular formula is C102H75BN4. The molecule has 3 aromatic heterocycles. The first-order chi connectivity index (χ1) is 52.3. The minimum Gasteiger partial charge on any atom is -0.310 e. The second-order valence-electron chi connectivity index (χ2n) is 31.3. The molecule has 107 heavy (non-hydrogen) atoms. The zero-order valence-corrected chi connectivity index (χ0v) is 60.8. The van der Waals surface area contributed by atoms with E-state index in [0.717, 1.165) is 95.0 Å². The molecule has 2 aliphatic rings. The highest BCUT2D eigenvalue weighted by molar-refractivity contribution is 7.00. The Morgan fingerprint density at radius 2 is 0.514 bits per heavy atom. The molecule has 2 aliphatic heterocycles. The molecule has 4 nitrogen and oxygen atoms in total. The molecule has 0 bridgehead atoms. The lowest BCUT2D eigenvalue weighted by molar-refractivity contribution is 0.590. The summed E-state index contributed by atoms with van der Waals surface area (Å²) in [7, 11) is 0. The highest BCUT2D eigenvalue weighted by Crippen LogP contribution is 2.46. The number of aromatic nitrogens is 4. The normalized spacial score (nSPS) is 12.4. The van der Waals surface area contributed by atoms with Gasteiger partial charge in [-0.1, -0.05) is 296 Å². The number of benzene rings is 15. The SMILES string of the molecule is CC(C)(C)c1ccc(-c2cc3c4c(c2)c2cc(-c5ccccc5)ccc2n4-c2cc(-c4nc(-c5cc(-c6ccccc6)cc(-c6ccccc6)c5)cc(-c5cc(-c6ccccc6)cc(-c6ccccc6)c5)n4)cc4c2B3c2cc(-c3ccc(C(C)(C)C)cc3)cc3c5cc(-c6ccccc6)ccc5n-4c23)cc1. The van der Waals surface area contributed by atoms with Gasteiger partial charge in [-0.15, -0.1) is 0 Å². The van der Waals surface area contributed by atoms with Crippen LogP contribution < -0.4 is 16.4 Å². The first-order valence-corrected chi connectivity index (χ1v) is 37.4. The number of rotatable bonds is 11. The Balaban J connectivity index is 0.921. The summed E-state index contributed by atoms with van der Waals surface area (Å²) in [5.74, 6) is 0.628. The molecule has 0 atom stereocenters. The molecule has 0 N–H and O–H groups in total. The van der Waals surface area contributed by atoms with Gasteiger partial charge in [0.2, 0.25) is 0 Å². The molecule has 0 radical (unpaired) electrons. The third-order valence-electron chi connectivity index (χ3n) is 22.6. The lowest BCUT2D eigenvalue weighted by atomic mass is 9.34. The van der Waals surface area contributed by atoms with Gasteiger partial charge in [0, 0.05) is 60.6 Å². The van der Waals surface area contributed by atoms with Gasteiger partial charge in [0.05, 0.1) is 22.4 Å². The highest BCUT2D eigenvalue weighted by atomic mass is 15.0. The van der Waals surface area contributed by atoms with Gasteiger partial charge in [-0.2, -0.15) is 0 Å². The Morgan fingerprint density at radius 3 is 0.841 bits per heavy atom. The van der Waals surface area contributed by atoms with Crippen molar-refractivity contribution in [3.05, 3.63) is 357 Å². The quantitative estimate of drug-likeness (QED) is 0.121. The van der Waals surface area contributed by atoms with E-state index in [-0.39, 0.29) is 17.5 Å². The van der Waals surface area contributed by atoms with Crippen LogP contribution in [0.25, 0.3) is 178 Å². The molecular weight excluding hydrogens is 1290 g/mol. The summed E-state index contributed by atoms with van der Waals surface area (Å²) in [4.78, 5) is 11.9. The third-order valence-corrected chi connectivity index (χ3v) is 22.6. The number of hydrogen-bond acceptors (Lipinski definition) is 2. The predicted octanol–water partition coefficient (Wildman–Crippen LogP) is 24.7. The number of fused-ring (bicyclic) bond motifs is 10. The van der Waals surface area contributed by atoms with Crippen molar-refractivity contribution in [2.75, 3.05) is 0 Å². The summed E-state index contributed by atoms with van der Waals surface area (Å²) in [5, 5.41) is 4.83. The van der Waals surface area contributed by atoms with Crippen LogP contribution >= 0.6 is 0 Å². The summed E-state index contributed by atoms with van der Waals surface area (Å²) >= 11 is 0. The Hall–Kier alpha value is -13.0. The van der Waals surface area contributed by atoms with Gasteiger partial charge >= 0.3 is 0 Å². The maximum Gasteiger partial charge on any atom is 0.252 e. The molecule has 5 heterocycles. The Bertz CT molecular complexity index is 6060. The standard InChI is InChI=1S/C102H75BN4/c1-101(2,3)83-43-37-70(38-44-83)78-57-87-85-55-72(64-25-13-7-14-26-64)41-47-93(85)106-95-61-82(62-96-97(95)103(89(59-78)98(87)106)90-60-79(71-39-45-84(46-40-71)102(4,5)6)58-88-86-56-73(65-27-15-8-16-28-65)42-48-94(86)107(96)99(88)90)100-104-91(80-51-74(66-29-17-9-18-30-66)49-75(52-80)67-31-19-10-20-32-67)63-92(105-100)81-53-76(68-33-21-11-22-34-68)50-77(54-81)69-35-23-12-24-36-69/h7-63H,1-6H3. The van der Waals surface area contributed by atoms with Gasteiger partial charge in [-0.3, -0.25) is 0 Å². The van der Waals surface area contributed by atoms with Crippen molar-refractivity contribution < 1.29 is 0 Å². The predicted molar refractivity (Wildman–Crippen MR) is 453 cm³/mol. The molecule has 0 saturated heterocycles. The molecule has 15 aromatic carbocycles. The van der Waals surface area contributed by atoms with Gasteiger partial charge in [0.25, 0.3) is 6.71 Å². The van der Waals surface area contributed by atoms with Crippen molar-refractivity contribution in [1.29, 1.82) is 0 Å². The largest absolute Gasteiger partial charge is 0.310 e. The van der Waals surface area contributed by atoms with Gasteiger partial charge < -0.3 is 9.13 Å². The monoisotopic (exact) mass is 1370 g/mol. The Kier molecular flexibility index (Phi) is 14.8. The van der Waals surface area contributed by atoms with E-state index in [1.54, 1.807) is 0 Å². The van der Waals surface area contributed by atoms with E-state index in [1.807, 2.05) is 0 Å². The van der Waals surface area contributed by atoms with Crippen LogP contribution in [-0.4, -0.2) is 25.8 Å². The van der Waals surface area contributed by atoms with Crippen LogP contribution in [0.5, 0.6) is 0 Å². The van der Waals surface area contributed by atoms with Crippen molar-refractivity contribution in [2.24, 2.45) is 0 Å². The lowest BCUT2D eigenvalue weighted by Crippen LogP contribution is -2.59. The van der Waals surface area contributed by atoms with Crippen molar-refractivity contribution >= 4 is 66.7 Å². The van der Waals surface area contributed by atoms with Gasteiger partial charge in [0.15, 0.2) is 5.82 Å². The minimum absolute atomic E-state index is 0.00676. The van der Waals surface area contributed by atoms with Crippen molar-refractivity contribution in [1.82, 2.24) is 19.1 Å². The summed E-state index contributed by atoms with van der Waals surface area (Å²) in [5.41, 5.74) is 36.3. The van der Waals surface area contributed by atoms with Crippen LogP contribution in [0.4, 0.5) is 0 Å². The summed E-state index contributed by atoms with van der Waals surface area (Å²) < 4.78 is 5.23. The topological polar surface area (TPSA) is 35.6 Å². The smallest absolute Gasteiger partial charge is 0.252 e. The molecule has 506 valence electrons. The van der Waals surface area contributed by atoms with Crippen molar-refractivity contribution in [2.45, 2.75) is 52.4 Å². The molecule has 0 spiro atoms. The summed E-state index contributed by atoms with van der Waals surface area (Å²) in [6.45, 7) is 13.6. The van der Waals surface area contributed by atoms with Crippen molar-refractivity contribution in [3.8, 4) is 134 Å². The summed E-state index contributed by atoms with van der Waals surface area (Å²) in [6.07, 6.45) is 0. The Morgan fingerprint density at radius 1 is 0.234 bits per heavy atom. The molecule has 5 heteroatoms. The van der Waals surface area contributed by atoms with Gasteiger partial charge in [0.1, 0.15) is 0 Å². The van der Waals surface area contributed by atoms with Gasteiger partial charge in [-0.25, -0.2) is 9.97 Å². The molecule has 20 rings (SSSR count). The van der Waals surface area contributed by atoms with Crippen molar-refractivity contribution in [3.63, 3.8) is 0 Å². The second-order valence-corrected chi connectivity index (χ2v) is 31.3. The highest BCUT2D eigenvalue weighted by Gasteiger charge is 2.42. The Labute approximate surface area is 625 Å². The van der Waals surface area contributed by atoms with E-state index in [2.05, 4.69) is 396 Å². The average molecular weight is 1370 g/mol. The van der Waals surface area contributed by atoms with Gasteiger partial charge in [-0.05, 0) is 218 Å². The molecule has 0 saturated carbocycles. The fraction of sp³-hybridized carbons (Fsp3) is 0.0784. The zero-order valence-electron chi connectivity index (χ0n) is 60.8. The maximum absolute atomic E-state index is 5.97. The third kappa shape index (κ3) is 11.0. The molecule has 0 unspecified atom stereocenters. The molecule has 18 aromatic rings. The lowest BCUT2D eigenvalue weighted by Gasteiger charge is -2.34. The first-order valence-electron chi connectivity index (χ1n) is 37.4. The van der Waals surface area contributed by atoms with E-state index in [4.69, 9.17) is 9.97 Å². The average Bonchev–Trinajstić information content (AvgIpc) is 1.57. The van der Waals surface area contributed by atoms with Crippen LogP contribution in [0.1, 0.15) is 52.7 Å².